The lowest BCUT2D eigenvalue weighted by Gasteiger charge is -2.40. The van der Waals surface area contributed by atoms with Crippen molar-refractivity contribution in [3.8, 4) is 0 Å². The average Bonchev–Trinajstić information content (AvgIpc) is 3.19. The third-order valence-electron chi connectivity index (χ3n) is 10.5. The van der Waals surface area contributed by atoms with Crippen LogP contribution in [0.3, 0.4) is 0 Å². The second-order valence-corrected chi connectivity index (χ2v) is 16.7. The van der Waals surface area contributed by atoms with Crippen LogP contribution in [0, 0.1) is 22.7 Å². The van der Waals surface area contributed by atoms with Crippen molar-refractivity contribution in [3.05, 3.63) is 4.91 Å². The lowest BCUT2D eigenvalue weighted by atomic mass is 9.78. The first-order valence-corrected chi connectivity index (χ1v) is 21.5. The van der Waals surface area contributed by atoms with Crippen molar-refractivity contribution < 1.29 is 72.3 Å². The number of nitroso groups, excluding NO2 is 1. The van der Waals surface area contributed by atoms with Crippen LogP contribution in [0.15, 0.2) is 5.18 Å². The third kappa shape index (κ3) is 23.1. The first-order chi connectivity index (χ1) is 28.5. The number of rotatable bonds is 33. The van der Waals surface area contributed by atoms with Gasteiger partial charge in [-0.05, 0) is 80.2 Å². The number of aliphatic hydroxyl groups is 3. The van der Waals surface area contributed by atoms with Crippen LogP contribution in [0.25, 0.3) is 0 Å². The highest BCUT2D eigenvalue weighted by atomic mass is 31.0. The minimum Gasteiger partial charge on any atom is -0.466 e. The normalized spacial score (nSPS) is 16.2. The topological polar surface area (TPSA) is 254 Å². The van der Waals surface area contributed by atoms with Gasteiger partial charge in [0.25, 0.3) is 0 Å². The Kier molecular flexibility index (Phi) is 28.2. The number of hydrogen-bond acceptors (Lipinski definition) is 19. The molecule has 3 N–H and O–H groups in total. The van der Waals surface area contributed by atoms with Gasteiger partial charge in [0.05, 0.1) is 46.8 Å². The zero-order valence-electron chi connectivity index (χ0n) is 37.9. The van der Waals surface area contributed by atoms with E-state index in [1.807, 2.05) is 35.3 Å². The smallest absolute Gasteiger partial charge is 0.320 e. The average molecular weight is 896 g/mol. The molecule has 0 aromatic carbocycles. The minimum absolute atomic E-state index is 0.00250. The molecule has 0 bridgehead atoms. The van der Waals surface area contributed by atoms with Crippen LogP contribution in [0.5, 0.6) is 0 Å². The van der Waals surface area contributed by atoms with Crippen molar-refractivity contribution in [3.63, 3.8) is 0 Å². The number of esters is 5. The monoisotopic (exact) mass is 895 g/mol. The second-order valence-electron chi connectivity index (χ2n) is 16.5. The van der Waals surface area contributed by atoms with Crippen LogP contribution >= 0.6 is 9.47 Å². The van der Waals surface area contributed by atoms with Crippen molar-refractivity contribution in [2.24, 2.45) is 22.9 Å². The van der Waals surface area contributed by atoms with E-state index >= 15 is 0 Å². The number of aliphatic hydroxyl groups excluding tert-OH is 2. The van der Waals surface area contributed by atoms with E-state index in [4.69, 9.17) is 23.7 Å². The Hall–Kier alpha value is -3.35. The zero-order chi connectivity index (χ0) is 46.9. The summed E-state index contributed by atoms with van der Waals surface area (Å²) < 4.78 is 31.6. The molecule has 0 amide bonds. The Morgan fingerprint density at radius 1 is 0.787 bits per heavy atom. The number of likely N-dealkylation sites (N-methyl/N-ethyl adjacent to an activating group) is 1. The molecule has 61 heavy (non-hydrogen) atoms. The fourth-order valence-corrected chi connectivity index (χ4v) is 6.81. The first-order valence-electron chi connectivity index (χ1n) is 21.0. The van der Waals surface area contributed by atoms with E-state index in [0.717, 1.165) is 0 Å². The van der Waals surface area contributed by atoms with Gasteiger partial charge in [0, 0.05) is 57.3 Å². The van der Waals surface area contributed by atoms with Crippen LogP contribution in [0.2, 0.25) is 0 Å². The highest BCUT2D eigenvalue weighted by Gasteiger charge is 2.45. The third-order valence-corrected chi connectivity index (χ3v) is 10.7. The zero-order valence-corrected chi connectivity index (χ0v) is 39.1. The van der Waals surface area contributed by atoms with Crippen molar-refractivity contribution in [1.29, 1.82) is 0 Å². The quantitative estimate of drug-likeness (QED) is 0.0370. The Balaban J connectivity index is 6.32. The summed E-state index contributed by atoms with van der Waals surface area (Å²) in [6.07, 6.45) is -3.17. The van der Waals surface area contributed by atoms with Crippen molar-refractivity contribution in [2.75, 3.05) is 59.7 Å². The van der Waals surface area contributed by atoms with Crippen LogP contribution in [-0.2, 0) is 57.0 Å². The fourth-order valence-electron chi connectivity index (χ4n) is 6.69. The Bertz CT molecular complexity index is 1370. The maximum atomic E-state index is 13.8. The van der Waals surface area contributed by atoms with Gasteiger partial charge in [0.2, 0.25) is 0 Å². The number of hydrogen-bond donors (Lipinski definition) is 3. The van der Waals surface area contributed by atoms with Gasteiger partial charge >= 0.3 is 35.8 Å². The van der Waals surface area contributed by atoms with Crippen LogP contribution in [-0.4, -0.2) is 156 Å². The molecule has 0 fully saturated rings. The molecule has 0 saturated heterocycles. The predicted octanol–water partition coefficient (Wildman–Crippen LogP) is 3.11. The highest BCUT2D eigenvalue weighted by molar-refractivity contribution is 7.10. The lowest BCUT2D eigenvalue weighted by Crippen LogP contribution is -2.52. The van der Waals surface area contributed by atoms with Crippen molar-refractivity contribution in [1.82, 2.24) is 9.80 Å². The van der Waals surface area contributed by atoms with E-state index in [1.54, 1.807) is 13.8 Å². The van der Waals surface area contributed by atoms with Gasteiger partial charge in [-0.1, -0.05) is 25.9 Å². The minimum atomic E-state index is -1.74. The summed E-state index contributed by atoms with van der Waals surface area (Å²) in [4.78, 5) is 90.2. The Labute approximate surface area is 363 Å². The van der Waals surface area contributed by atoms with Gasteiger partial charge in [0.15, 0.2) is 0 Å². The maximum Gasteiger partial charge on any atom is 0.320 e. The summed E-state index contributed by atoms with van der Waals surface area (Å²) >= 11 is 0. The maximum absolute atomic E-state index is 13.8. The molecule has 0 radical (unpaired) electrons. The molecule has 0 aromatic rings. The van der Waals surface area contributed by atoms with Gasteiger partial charge in [-0.25, -0.2) is 0 Å². The van der Waals surface area contributed by atoms with E-state index in [1.165, 1.54) is 39.5 Å². The molecular weight excluding hydrogens is 821 g/mol. The Morgan fingerprint density at radius 2 is 1.30 bits per heavy atom. The molecule has 0 aliphatic heterocycles. The van der Waals surface area contributed by atoms with Crippen LogP contribution in [0.1, 0.15) is 114 Å². The molecule has 20 heteroatoms. The molecule has 0 aromatic heterocycles. The molecule has 0 heterocycles. The predicted molar refractivity (Wildman–Crippen MR) is 226 cm³/mol. The Morgan fingerprint density at radius 3 is 1.75 bits per heavy atom. The second kappa shape index (κ2) is 29.9. The number of ether oxygens (including phenoxy) is 5. The first kappa shape index (κ1) is 57.6. The van der Waals surface area contributed by atoms with E-state index in [-0.39, 0.29) is 103 Å². The summed E-state index contributed by atoms with van der Waals surface area (Å²) in [7, 11) is 3.67. The van der Waals surface area contributed by atoms with Crippen molar-refractivity contribution in [2.45, 2.75) is 149 Å². The van der Waals surface area contributed by atoms with Crippen LogP contribution in [0.4, 0.5) is 0 Å². The number of nitrogens with zero attached hydrogens (tertiary/aromatic N) is 3. The molecule has 0 saturated carbocycles. The summed E-state index contributed by atoms with van der Waals surface area (Å²) in [5.74, 6) is -6.30. The van der Waals surface area contributed by atoms with Crippen molar-refractivity contribution >= 4 is 45.3 Å². The van der Waals surface area contributed by atoms with Gasteiger partial charge in [-0.15, -0.1) is 0 Å². The molecule has 0 aliphatic carbocycles. The van der Waals surface area contributed by atoms with E-state index in [0.29, 0.717) is 6.54 Å². The molecule has 1 unspecified atom stereocenters. The molecule has 19 nitrogen and oxygen atoms in total. The molecule has 0 rings (SSSR count). The van der Waals surface area contributed by atoms with Gasteiger partial charge in [-0.2, -0.15) is 4.91 Å². The summed E-state index contributed by atoms with van der Waals surface area (Å²) in [5, 5.41) is 36.0. The summed E-state index contributed by atoms with van der Waals surface area (Å²) in [6, 6.07) is -0.142. The van der Waals surface area contributed by atoms with Gasteiger partial charge in [0.1, 0.15) is 31.0 Å². The molecule has 0 spiro atoms. The molecule has 0 aliphatic rings. The van der Waals surface area contributed by atoms with Crippen LogP contribution < -0.4 is 0 Å². The SMILES string of the molecule is CCOC(=O)CCCC(=O)OCCN(CCOC(=O)CCCC(=O)OP)CC(=O)O[C@@H]([C@H](C)[C@@H](O)[C@](C)(O)C[C@@H](C)CN(C)[C@H](C)CO)[C@@H](C)C(=O)O[C@H](CC)C(C)(C)N=O. The van der Waals surface area contributed by atoms with E-state index in [9.17, 15) is 49.0 Å². The van der Waals surface area contributed by atoms with Gasteiger partial charge in [-0.3, -0.25) is 33.7 Å². The number of carbonyl (C=O) groups is 6. The molecular formula is C41H74N3O16P. The molecule has 9 atom stereocenters. The van der Waals surface area contributed by atoms with E-state index in [2.05, 4.69) is 9.70 Å². The standard InChI is InChI=1S/C41H74N3O16P/c1-11-31(40(7,8)42-54)58-39(52)30(6)37(29(5)38(51)41(9,53)23-27(3)24-43(10)28(4)26-45)59-36(50)25-44(20-22-57-34(48)17-14-18-35(49)60-61)19-21-56-33(47)16-13-15-32(46)55-12-2/h27-31,37-38,45,51,53H,11-26,61H2,1-10H3/t27-,28-,29+,30-,31-,37+,38-,41-/m1/s1. The number of carbonyl (C=O) groups excluding carboxylic acids is 6. The van der Waals surface area contributed by atoms with E-state index < -0.39 is 83.6 Å². The largest absolute Gasteiger partial charge is 0.466 e. The van der Waals surface area contributed by atoms with Gasteiger partial charge < -0.3 is 48.4 Å². The highest BCUT2D eigenvalue weighted by Crippen LogP contribution is 2.32. The summed E-state index contributed by atoms with van der Waals surface area (Å²) in [6.45, 7) is 14.3. The fraction of sp³-hybridized carbons (Fsp3) is 0.854. The lowest BCUT2D eigenvalue weighted by molar-refractivity contribution is -0.179. The molecule has 354 valence electrons. The summed E-state index contributed by atoms with van der Waals surface area (Å²) in [5.41, 5.74) is -3.02.